The Kier molecular flexibility index (Phi) is 12.5. The summed E-state index contributed by atoms with van der Waals surface area (Å²) >= 11 is 0. The lowest BCUT2D eigenvalue weighted by molar-refractivity contribution is -0.170. The number of carbonyl (C=O) groups is 3. The molecule has 0 heterocycles. The van der Waals surface area contributed by atoms with E-state index in [1.54, 1.807) is 0 Å². The number of hydrogen-bond acceptors (Lipinski definition) is 6. The molecule has 0 aromatic rings. The summed E-state index contributed by atoms with van der Waals surface area (Å²) in [5.74, 6) is -2.07. The summed E-state index contributed by atoms with van der Waals surface area (Å²) in [6, 6.07) is 0. The van der Waals surface area contributed by atoms with Crippen LogP contribution in [0.5, 0.6) is 0 Å². The lowest BCUT2D eigenvalue weighted by Crippen LogP contribution is -2.52. The topological polar surface area (TPSA) is 145 Å². The van der Waals surface area contributed by atoms with E-state index in [1.807, 2.05) is 0 Å². The Morgan fingerprint density at radius 1 is 0.941 bits per heavy atom. The Bertz CT molecular complexity index is 641. The molecule has 2 bridgehead atoms. The fraction of sp³-hybridized carbons (Fsp3) is 0.880. The molecule has 0 radical (unpaired) electrons. The van der Waals surface area contributed by atoms with Crippen molar-refractivity contribution in [2.45, 2.75) is 84.7 Å². The molecule has 9 heteroatoms. The lowest BCUT2D eigenvalue weighted by Gasteiger charge is -2.60. The van der Waals surface area contributed by atoms with E-state index in [4.69, 9.17) is 25.2 Å². The van der Waals surface area contributed by atoms with Gasteiger partial charge in [-0.3, -0.25) is 9.59 Å². The molecule has 198 valence electrons. The number of carboxylic acid groups (broad SMARTS) is 3. The van der Waals surface area contributed by atoms with Gasteiger partial charge in [-0.15, -0.1) is 0 Å². The molecule has 3 aliphatic carbocycles. The molecule has 3 unspecified atom stereocenters. The summed E-state index contributed by atoms with van der Waals surface area (Å²) < 4.78 is 5.95. The molecule has 0 aromatic carbocycles. The summed E-state index contributed by atoms with van der Waals surface area (Å²) in [5.41, 5.74) is -2.11. The number of rotatable bonds is 15. The van der Waals surface area contributed by atoms with Gasteiger partial charge < -0.3 is 30.1 Å². The van der Waals surface area contributed by atoms with E-state index in [0.29, 0.717) is 5.41 Å². The summed E-state index contributed by atoms with van der Waals surface area (Å²) in [4.78, 5) is 33.0. The minimum absolute atomic E-state index is 0.627. The Labute approximate surface area is 203 Å². The maximum absolute atomic E-state index is 10.3. The second-order valence-corrected chi connectivity index (χ2v) is 10.4. The van der Waals surface area contributed by atoms with E-state index in [9.17, 15) is 14.4 Å². The Hall–Kier alpha value is -1.71. The average Bonchev–Trinajstić information content (AvgIpc) is 2.73. The minimum atomic E-state index is -2.74. The van der Waals surface area contributed by atoms with Gasteiger partial charge in [0.2, 0.25) is 0 Å². The maximum atomic E-state index is 10.3. The number of aliphatic carboxylic acids is 3. The summed E-state index contributed by atoms with van der Waals surface area (Å²) in [6.45, 7) is 15.0. The zero-order valence-electron chi connectivity index (χ0n) is 21.3. The van der Waals surface area contributed by atoms with Crippen molar-refractivity contribution in [1.82, 2.24) is 4.90 Å². The van der Waals surface area contributed by atoms with Crippen molar-refractivity contribution in [3.05, 3.63) is 0 Å². The van der Waals surface area contributed by atoms with Gasteiger partial charge >= 0.3 is 17.9 Å². The summed E-state index contributed by atoms with van der Waals surface area (Å²) in [5, 5.41) is 33.8. The molecule has 0 spiro atoms. The quantitative estimate of drug-likeness (QED) is 0.256. The van der Waals surface area contributed by atoms with Crippen LogP contribution in [0.25, 0.3) is 0 Å². The van der Waals surface area contributed by atoms with Crippen molar-refractivity contribution in [3.8, 4) is 0 Å². The minimum Gasteiger partial charge on any atom is -0.481 e. The third kappa shape index (κ3) is 9.15. The van der Waals surface area contributed by atoms with Crippen molar-refractivity contribution >= 4 is 17.9 Å². The van der Waals surface area contributed by atoms with Gasteiger partial charge in [0.05, 0.1) is 19.4 Å². The first-order chi connectivity index (χ1) is 15.9. The predicted molar refractivity (Wildman–Crippen MR) is 128 cm³/mol. The van der Waals surface area contributed by atoms with E-state index in [-0.39, 0.29) is 0 Å². The molecule has 3 saturated carbocycles. The number of carboxylic acids is 3. The standard InChI is InChI=1S/C19H37NO.C6H8O7/c1-5-10-20(11-6-2)12-14-21-13-9-16-7-8-17-15-18(16)19(17,3)4;7-3(8)1-6(13,5(11)12)2-4(9)10/h16-18H,5-15H2,1-4H3;13H,1-2H2,(H,7,8)(H,9,10)(H,11,12). The number of aliphatic hydroxyl groups is 1. The van der Waals surface area contributed by atoms with Crippen LogP contribution in [0.4, 0.5) is 0 Å². The van der Waals surface area contributed by atoms with Gasteiger partial charge in [0.25, 0.3) is 0 Å². The number of ether oxygens (including phenoxy) is 1. The third-order valence-electron chi connectivity index (χ3n) is 7.55. The van der Waals surface area contributed by atoms with Crippen molar-refractivity contribution in [3.63, 3.8) is 0 Å². The van der Waals surface area contributed by atoms with E-state index >= 15 is 0 Å². The van der Waals surface area contributed by atoms with E-state index in [1.165, 1.54) is 51.6 Å². The highest BCUT2D eigenvalue weighted by atomic mass is 16.5. The molecule has 9 nitrogen and oxygen atoms in total. The van der Waals surface area contributed by atoms with Crippen LogP contribution < -0.4 is 0 Å². The Morgan fingerprint density at radius 2 is 1.50 bits per heavy atom. The monoisotopic (exact) mass is 487 g/mol. The first-order valence-corrected chi connectivity index (χ1v) is 12.6. The number of hydrogen-bond donors (Lipinski definition) is 4. The molecule has 3 atom stereocenters. The van der Waals surface area contributed by atoms with E-state index in [2.05, 4.69) is 32.6 Å². The molecule has 3 aliphatic rings. The third-order valence-corrected chi connectivity index (χ3v) is 7.55. The second kappa shape index (κ2) is 14.0. The van der Waals surface area contributed by atoms with Crippen LogP contribution >= 0.6 is 0 Å². The van der Waals surface area contributed by atoms with Crippen molar-refractivity contribution in [2.75, 3.05) is 32.8 Å². The predicted octanol–water partition coefficient (Wildman–Crippen LogP) is 3.34. The smallest absolute Gasteiger partial charge is 0.336 e. The molecule has 3 fully saturated rings. The van der Waals surface area contributed by atoms with Crippen LogP contribution in [0.15, 0.2) is 0 Å². The Morgan fingerprint density at radius 3 is 1.91 bits per heavy atom. The normalized spacial score (nSPS) is 22.9. The van der Waals surface area contributed by atoms with E-state index < -0.39 is 36.4 Å². The Balaban J connectivity index is 0.000000385. The van der Waals surface area contributed by atoms with E-state index in [0.717, 1.165) is 37.5 Å². The van der Waals surface area contributed by atoms with Crippen LogP contribution in [-0.4, -0.2) is 81.7 Å². The van der Waals surface area contributed by atoms with Crippen LogP contribution in [0.1, 0.15) is 79.1 Å². The summed E-state index contributed by atoms with van der Waals surface area (Å²) in [7, 11) is 0. The van der Waals surface area contributed by atoms with Crippen molar-refractivity contribution in [2.24, 2.45) is 23.2 Å². The molecule has 0 saturated heterocycles. The zero-order chi connectivity index (χ0) is 25.9. The lowest BCUT2D eigenvalue weighted by atomic mass is 9.45. The molecular weight excluding hydrogens is 442 g/mol. The van der Waals surface area contributed by atoms with Crippen LogP contribution in [0.2, 0.25) is 0 Å². The molecular formula is C25H45NO8. The molecule has 4 N–H and O–H groups in total. The van der Waals surface area contributed by atoms with Crippen LogP contribution in [-0.2, 0) is 19.1 Å². The molecule has 3 rings (SSSR count). The van der Waals surface area contributed by atoms with Crippen molar-refractivity contribution < 1.29 is 39.5 Å². The average molecular weight is 488 g/mol. The van der Waals surface area contributed by atoms with Crippen molar-refractivity contribution in [1.29, 1.82) is 0 Å². The van der Waals surface area contributed by atoms with Gasteiger partial charge in [0, 0.05) is 13.2 Å². The SMILES string of the molecule is CCCN(CCC)CCOCCC1CCC2CC1C2(C)C.O=C(O)CC(O)(CC(=O)O)C(=O)O. The molecule has 34 heavy (non-hydrogen) atoms. The second-order valence-electron chi connectivity index (χ2n) is 10.4. The first-order valence-electron chi connectivity index (χ1n) is 12.6. The van der Waals surface area contributed by atoms with Gasteiger partial charge in [-0.2, -0.15) is 0 Å². The largest absolute Gasteiger partial charge is 0.481 e. The number of nitrogens with zero attached hydrogens (tertiary/aromatic N) is 1. The van der Waals surface area contributed by atoms with Gasteiger partial charge in [-0.05, 0) is 74.8 Å². The summed E-state index contributed by atoms with van der Waals surface area (Å²) in [6.07, 6.45) is 5.93. The van der Waals surface area contributed by atoms with Crippen LogP contribution in [0.3, 0.4) is 0 Å². The molecule has 0 aliphatic heterocycles. The molecule has 0 amide bonds. The highest BCUT2D eigenvalue weighted by molar-refractivity contribution is 5.88. The first kappa shape index (κ1) is 30.3. The maximum Gasteiger partial charge on any atom is 0.336 e. The highest BCUT2D eigenvalue weighted by Crippen LogP contribution is 2.61. The zero-order valence-corrected chi connectivity index (χ0v) is 21.3. The van der Waals surface area contributed by atoms with Gasteiger partial charge in [0.1, 0.15) is 0 Å². The highest BCUT2D eigenvalue weighted by Gasteiger charge is 2.53. The fourth-order valence-corrected chi connectivity index (χ4v) is 5.52. The molecule has 0 aromatic heterocycles. The van der Waals surface area contributed by atoms with Gasteiger partial charge in [-0.25, -0.2) is 4.79 Å². The van der Waals surface area contributed by atoms with Gasteiger partial charge in [-0.1, -0.05) is 27.7 Å². The van der Waals surface area contributed by atoms with Gasteiger partial charge in [0.15, 0.2) is 5.60 Å². The fourth-order valence-electron chi connectivity index (χ4n) is 5.52. The van der Waals surface area contributed by atoms with Crippen LogP contribution in [0, 0.1) is 23.2 Å². The number of fused-ring (bicyclic) bond motifs is 2.